The molecule has 26 heavy (non-hydrogen) atoms. The number of aromatic nitrogens is 1. The smallest absolute Gasteiger partial charge is 0.256 e. The van der Waals surface area contributed by atoms with Crippen molar-refractivity contribution >= 4 is 39.3 Å². The van der Waals surface area contributed by atoms with E-state index in [0.29, 0.717) is 11.3 Å². The maximum absolute atomic E-state index is 13.3. The molecule has 4 nitrogen and oxygen atoms in total. The van der Waals surface area contributed by atoms with Crippen LogP contribution in [0.25, 0.3) is 0 Å². The standard InChI is InChI=1S/C19H14BrFN2O2S/c1-25-16-10-13(21)7-8-15(16)23-19(24)14-4-2-3-5-17(14)26-18-9-6-12(20)11-22-18/h2-11H,1H3,(H,23,24). The lowest BCUT2D eigenvalue weighted by atomic mass is 10.2. The Morgan fingerprint density at radius 1 is 1.19 bits per heavy atom. The van der Waals surface area contributed by atoms with Gasteiger partial charge in [-0.05, 0) is 52.3 Å². The SMILES string of the molecule is COc1cc(F)ccc1NC(=O)c1ccccc1Sc1ccc(Br)cn1. The predicted molar refractivity (Wildman–Crippen MR) is 103 cm³/mol. The molecular weight excluding hydrogens is 419 g/mol. The van der Waals surface area contributed by atoms with Crippen LogP contribution in [0.3, 0.4) is 0 Å². The van der Waals surface area contributed by atoms with Gasteiger partial charge in [0.2, 0.25) is 0 Å². The molecule has 1 N–H and O–H groups in total. The molecule has 0 saturated heterocycles. The number of pyridine rings is 1. The molecule has 3 aromatic rings. The molecule has 0 spiro atoms. The second-order valence-corrected chi connectivity index (χ2v) is 7.19. The van der Waals surface area contributed by atoms with Crippen molar-refractivity contribution in [1.82, 2.24) is 4.98 Å². The Balaban J connectivity index is 1.85. The van der Waals surface area contributed by atoms with Gasteiger partial charge in [-0.15, -0.1) is 0 Å². The van der Waals surface area contributed by atoms with Crippen LogP contribution in [0.5, 0.6) is 5.75 Å². The van der Waals surface area contributed by atoms with Gasteiger partial charge in [0.25, 0.3) is 5.91 Å². The van der Waals surface area contributed by atoms with Crippen LogP contribution in [0.1, 0.15) is 10.4 Å². The summed E-state index contributed by atoms with van der Waals surface area (Å²) in [4.78, 5) is 17.8. The number of methoxy groups -OCH3 is 1. The first kappa shape index (κ1) is 18.4. The van der Waals surface area contributed by atoms with E-state index in [1.54, 1.807) is 18.3 Å². The number of hydrogen-bond acceptors (Lipinski definition) is 4. The Hall–Kier alpha value is -2.38. The number of carbonyl (C=O) groups is 1. The number of anilines is 1. The molecule has 0 atom stereocenters. The molecule has 0 bridgehead atoms. The third-order valence-corrected chi connectivity index (χ3v) is 4.95. The Morgan fingerprint density at radius 2 is 2.00 bits per heavy atom. The summed E-state index contributed by atoms with van der Waals surface area (Å²) in [5, 5.41) is 3.54. The van der Waals surface area contributed by atoms with Crippen molar-refractivity contribution in [2.24, 2.45) is 0 Å². The monoisotopic (exact) mass is 432 g/mol. The van der Waals surface area contributed by atoms with Gasteiger partial charge < -0.3 is 10.1 Å². The minimum absolute atomic E-state index is 0.262. The van der Waals surface area contributed by atoms with Gasteiger partial charge >= 0.3 is 0 Å². The van der Waals surface area contributed by atoms with E-state index in [1.807, 2.05) is 24.3 Å². The van der Waals surface area contributed by atoms with E-state index in [9.17, 15) is 9.18 Å². The summed E-state index contributed by atoms with van der Waals surface area (Å²) in [6, 6.07) is 14.9. The van der Waals surface area contributed by atoms with E-state index < -0.39 is 5.82 Å². The number of halogens is 2. The first-order valence-corrected chi connectivity index (χ1v) is 9.21. The van der Waals surface area contributed by atoms with Crippen molar-refractivity contribution in [2.45, 2.75) is 9.92 Å². The second-order valence-electron chi connectivity index (χ2n) is 5.21. The molecule has 0 aliphatic heterocycles. The van der Waals surface area contributed by atoms with Crippen LogP contribution in [0, 0.1) is 5.82 Å². The second kappa shape index (κ2) is 8.33. The number of benzene rings is 2. The van der Waals surface area contributed by atoms with Gasteiger partial charge in [0.05, 0.1) is 18.4 Å². The van der Waals surface area contributed by atoms with Crippen molar-refractivity contribution in [2.75, 3.05) is 12.4 Å². The normalized spacial score (nSPS) is 10.4. The van der Waals surface area contributed by atoms with Crippen LogP contribution in [-0.2, 0) is 0 Å². The van der Waals surface area contributed by atoms with Gasteiger partial charge in [-0.3, -0.25) is 4.79 Å². The highest BCUT2D eigenvalue weighted by Gasteiger charge is 2.15. The van der Waals surface area contributed by atoms with Crippen molar-refractivity contribution in [3.8, 4) is 5.75 Å². The van der Waals surface area contributed by atoms with E-state index in [4.69, 9.17) is 4.74 Å². The maximum atomic E-state index is 13.3. The molecule has 0 radical (unpaired) electrons. The molecule has 1 aromatic heterocycles. The first-order valence-electron chi connectivity index (χ1n) is 7.60. The maximum Gasteiger partial charge on any atom is 0.256 e. The molecule has 132 valence electrons. The van der Waals surface area contributed by atoms with Crippen LogP contribution in [-0.4, -0.2) is 18.0 Å². The summed E-state index contributed by atoms with van der Waals surface area (Å²) in [5.74, 6) is -0.481. The Morgan fingerprint density at radius 3 is 2.73 bits per heavy atom. The summed E-state index contributed by atoms with van der Waals surface area (Å²) in [6.07, 6.45) is 1.70. The lowest BCUT2D eigenvalue weighted by Gasteiger charge is -2.12. The topological polar surface area (TPSA) is 51.2 Å². The molecule has 1 heterocycles. The van der Waals surface area contributed by atoms with Crippen LogP contribution < -0.4 is 10.1 Å². The summed E-state index contributed by atoms with van der Waals surface area (Å²) in [5.41, 5.74) is 0.897. The van der Waals surface area contributed by atoms with Gasteiger partial charge in [0.15, 0.2) is 0 Å². The summed E-state index contributed by atoms with van der Waals surface area (Å²) >= 11 is 4.74. The molecule has 0 fully saturated rings. The van der Waals surface area contributed by atoms with Crippen molar-refractivity contribution in [3.05, 3.63) is 76.6 Å². The molecule has 1 amide bonds. The van der Waals surface area contributed by atoms with Crippen LogP contribution in [0.4, 0.5) is 10.1 Å². The quantitative estimate of drug-likeness (QED) is 0.586. The molecule has 2 aromatic carbocycles. The number of rotatable bonds is 5. The van der Waals surface area contributed by atoms with E-state index >= 15 is 0 Å². The zero-order valence-electron chi connectivity index (χ0n) is 13.7. The Labute approximate surface area is 162 Å². The summed E-state index contributed by atoms with van der Waals surface area (Å²) in [7, 11) is 1.42. The van der Waals surface area contributed by atoms with Gasteiger partial charge in [0, 0.05) is 21.6 Å². The van der Waals surface area contributed by atoms with E-state index in [2.05, 4.69) is 26.2 Å². The fraction of sp³-hybridized carbons (Fsp3) is 0.0526. The zero-order valence-corrected chi connectivity index (χ0v) is 16.1. The molecule has 0 aliphatic rings. The summed E-state index contributed by atoms with van der Waals surface area (Å²) < 4.78 is 19.3. The first-order chi connectivity index (χ1) is 12.6. The third kappa shape index (κ3) is 4.42. The minimum Gasteiger partial charge on any atom is -0.494 e. The lowest BCUT2D eigenvalue weighted by Crippen LogP contribution is -2.13. The predicted octanol–water partition coefficient (Wildman–Crippen LogP) is 5.40. The Kier molecular flexibility index (Phi) is 5.90. The van der Waals surface area contributed by atoms with Crippen molar-refractivity contribution in [3.63, 3.8) is 0 Å². The highest BCUT2D eigenvalue weighted by Crippen LogP contribution is 2.31. The highest BCUT2D eigenvalue weighted by atomic mass is 79.9. The van der Waals surface area contributed by atoms with Gasteiger partial charge in [0.1, 0.15) is 16.6 Å². The van der Waals surface area contributed by atoms with Crippen molar-refractivity contribution in [1.29, 1.82) is 0 Å². The van der Waals surface area contributed by atoms with Crippen LogP contribution in [0.2, 0.25) is 0 Å². The van der Waals surface area contributed by atoms with Crippen molar-refractivity contribution < 1.29 is 13.9 Å². The zero-order chi connectivity index (χ0) is 18.5. The molecule has 3 rings (SSSR count). The molecule has 0 aliphatic carbocycles. The average molecular weight is 433 g/mol. The third-order valence-electron chi connectivity index (χ3n) is 3.46. The van der Waals surface area contributed by atoms with E-state index in [1.165, 1.54) is 37.1 Å². The molecule has 7 heteroatoms. The van der Waals surface area contributed by atoms with E-state index in [-0.39, 0.29) is 11.7 Å². The number of carbonyl (C=O) groups excluding carboxylic acids is 1. The minimum atomic E-state index is -0.433. The molecular formula is C19H14BrFN2O2S. The number of amides is 1. The highest BCUT2D eigenvalue weighted by molar-refractivity contribution is 9.10. The van der Waals surface area contributed by atoms with Gasteiger partial charge in [-0.25, -0.2) is 9.37 Å². The van der Waals surface area contributed by atoms with Gasteiger partial charge in [-0.2, -0.15) is 0 Å². The number of nitrogens with zero attached hydrogens (tertiary/aromatic N) is 1. The number of ether oxygens (including phenoxy) is 1. The lowest BCUT2D eigenvalue weighted by molar-refractivity contribution is 0.102. The largest absolute Gasteiger partial charge is 0.494 e. The van der Waals surface area contributed by atoms with Crippen LogP contribution in [0.15, 0.2) is 75.2 Å². The summed E-state index contributed by atoms with van der Waals surface area (Å²) in [6.45, 7) is 0. The Bertz CT molecular complexity index is 935. The molecule has 0 unspecified atom stereocenters. The average Bonchev–Trinajstić information content (AvgIpc) is 2.65. The number of nitrogens with one attached hydrogen (secondary N) is 1. The van der Waals surface area contributed by atoms with Gasteiger partial charge in [-0.1, -0.05) is 23.9 Å². The fourth-order valence-corrected chi connectivity index (χ4v) is 3.36. The van der Waals surface area contributed by atoms with Crippen LogP contribution >= 0.6 is 27.7 Å². The number of hydrogen-bond donors (Lipinski definition) is 1. The van der Waals surface area contributed by atoms with E-state index in [0.717, 1.165) is 14.4 Å². The molecule has 0 saturated carbocycles. The fourth-order valence-electron chi connectivity index (χ4n) is 2.24.